The average Bonchev–Trinajstić information content (AvgIpc) is 3.07. The highest BCUT2D eigenvalue weighted by atomic mass is 16.5. The van der Waals surface area contributed by atoms with Gasteiger partial charge in [0.1, 0.15) is 0 Å². The maximum Gasteiger partial charge on any atom is 0.292 e. The van der Waals surface area contributed by atoms with Gasteiger partial charge in [-0.05, 0) is 32.2 Å². The molecule has 3 aromatic heterocycles. The number of nitrogens with zero attached hydrogens (tertiary/aromatic N) is 6. The number of hydrogen-bond donors (Lipinski definition) is 1. The van der Waals surface area contributed by atoms with Gasteiger partial charge in [-0.15, -0.1) is 0 Å². The number of hydrogen-bond acceptors (Lipinski definition) is 7. The van der Waals surface area contributed by atoms with Crippen molar-refractivity contribution in [3.8, 4) is 0 Å². The summed E-state index contributed by atoms with van der Waals surface area (Å²) < 4.78 is 7.45. The molecule has 1 saturated carbocycles. The van der Waals surface area contributed by atoms with Crippen LogP contribution in [0, 0.1) is 0 Å². The number of aromatic nitrogens is 5. The van der Waals surface area contributed by atoms with E-state index in [-0.39, 0.29) is 23.8 Å². The number of rotatable bonds is 5. The fourth-order valence-corrected chi connectivity index (χ4v) is 3.46. The summed E-state index contributed by atoms with van der Waals surface area (Å²) >= 11 is 0. The molecule has 0 radical (unpaired) electrons. The molecular formula is C17H19N7O2. The number of imidazole rings is 1. The van der Waals surface area contributed by atoms with Crippen molar-refractivity contribution < 1.29 is 9.32 Å². The van der Waals surface area contributed by atoms with Crippen LogP contribution >= 0.6 is 0 Å². The zero-order valence-electron chi connectivity index (χ0n) is 14.2. The van der Waals surface area contributed by atoms with Crippen molar-refractivity contribution in [1.29, 1.82) is 0 Å². The Morgan fingerprint density at radius 2 is 2.23 bits per heavy atom. The van der Waals surface area contributed by atoms with Gasteiger partial charge >= 0.3 is 0 Å². The highest BCUT2D eigenvalue weighted by Gasteiger charge is 2.33. The molecule has 134 valence electrons. The quantitative estimate of drug-likeness (QED) is 0.738. The van der Waals surface area contributed by atoms with Crippen molar-refractivity contribution in [2.24, 2.45) is 0 Å². The van der Waals surface area contributed by atoms with Gasteiger partial charge in [-0.25, -0.2) is 4.98 Å². The lowest BCUT2D eigenvalue weighted by molar-refractivity contribution is 0.0937. The zero-order chi connectivity index (χ0) is 17.5. The molecular weight excluding hydrogens is 334 g/mol. The van der Waals surface area contributed by atoms with Gasteiger partial charge in [-0.2, -0.15) is 4.98 Å². The van der Waals surface area contributed by atoms with E-state index in [2.05, 4.69) is 30.3 Å². The van der Waals surface area contributed by atoms with Crippen LogP contribution in [0.15, 0.2) is 29.3 Å². The Morgan fingerprint density at radius 1 is 1.31 bits per heavy atom. The van der Waals surface area contributed by atoms with Crippen molar-refractivity contribution in [3.63, 3.8) is 0 Å². The minimum absolute atomic E-state index is 0.0253. The first kappa shape index (κ1) is 15.4. The maximum absolute atomic E-state index is 12.1. The molecule has 1 aliphatic heterocycles. The average molecular weight is 353 g/mol. The lowest BCUT2D eigenvalue weighted by atomic mass is 10.2. The van der Waals surface area contributed by atoms with Gasteiger partial charge in [0.05, 0.1) is 24.1 Å². The fourth-order valence-electron chi connectivity index (χ4n) is 3.46. The van der Waals surface area contributed by atoms with Gasteiger partial charge in [0.15, 0.2) is 5.65 Å². The second kappa shape index (κ2) is 6.17. The van der Waals surface area contributed by atoms with E-state index in [4.69, 9.17) is 4.52 Å². The molecule has 0 bridgehead atoms. The summed E-state index contributed by atoms with van der Waals surface area (Å²) in [4.78, 5) is 27.2. The summed E-state index contributed by atoms with van der Waals surface area (Å²) in [5, 5.41) is 6.76. The van der Waals surface area contributed by atoms with Crippen LogP contribution in [-0.4, -0.2) is 47.9 Å². The summed E-state index contributed by atoms with van der Waals surface area (Å²) in [7, 11) is 0. The van der Waals surface area contributed by atoms with E-state index in [1.54, 1.807) is 12.4 Å². The maximum atomic E-state index is 12.1. The van der Waals surface area contributed by atoms with Gasteiger partial charge in [-0.1, -0.05) is 5.16 Å². The van der Waals surface area contributed by atoms with E-state index in [0.29, 0.717) is 5.89 Å². The van der Waals surface area contributed by atoms with Crippen LogP contribution in [0.1, 0.15) is 53.9 Å². The lowest BCUT2D eigenvalue weighted by Crippen LogP contribution is -2.27. The monoisotopic (exact) mass is 353 g/mol. The number of carbonyl (C=O) groups excluding carboxylic acids is 1. The molecule has 1 N–H and O–H groups in total. The molecule has 2 fully saturated rings. The second-order valence-corrected chi connectivity index (χ2v) is 6.89. The van der Waals surface area contributed by atoms with E-state index in [1.807, 2.05) is 16.8 Å². The Bertz CT molecular complexity index is 945. The Labute approximate surface area is 149 Å². The van der Waals surface area contributed by atoms with E-state index in [9.17, 15) is 4.79 Å². The molecule has 1 amide bonds. The number of fused-ring (bicyclic) bond motifs is 1. The molecule has 9 nitrogen and oxygen atoms in total. The molecule has 0 aromatic carbocycles. The van der Waals surface area contributed by atoms with Crippen molar-refractivity contribution in [1.82, 2.24) is 34.7 Å². The van der Waals surface area contributed by atoms with Gasteiger partial charge in [0, 0.05) is 25.0 Å². The van der Waals surface area contributed by atoms with E-state index < -0.39 is 0 Å². The molecule has 9 heteroatoms. The molecule has 3 aromatic rings. The number of carbonyl (C=O) groups is 1. The number of likely N-dealkylation sites (tertiary alicyclic amines) is 1. The normalized spacial score (nSPS) is 20.7. The van der Waals surface area contributed by atoms with E-state index >= 15 is 0 Å². The van der Waals surface area contributed by atoms with Gasteiger partial charge in [-0.3, -0.25) is 19.1 Å². The highest BCUT2D eigenvalue weighted by Crippen LogP contribution is 2.32. The van der Waals surface area contributed by atoms with Crippen LogP contribution < -0.4 is 5.32 Å². The third kappa shape index (κ3) is 2.84. The zero-order valence-corrected chi connectivity index (χ0v) is 14.2. The standard InChI is InChI=1S/C17H19N7O2/c25-16(20-11-3-4-11)15-21-17(26-22-15)13-2-1-6-23(13)10-12-8-19-14-9-18-5-7-24(12)14/h5,7-9,11,13H,1-4,6,10H2,(H,20,25)/t13-/m1/s1. The molecule has 1 saturated heterocycles. The van der Waals surface area contributed by atoms with Crippen molar-refractivity contribution in [3.05, 3.63) is 42.2 Å². The first-order chi connectivity index (χ1) is 12.8. The van der Waals surface area contributed by atoms with Crippen molar-refractivity contribution >= 4 is 11.6 Å². The van der Waals surface area contributed by atoms with Crippen LogP contribution in [0.25, 0.3) is 5.65 Å². The van der Waals surface area contributed by atoms with Gasteiger partial charge in [0.2, 0.25) is 5.89 Å². The van der Waals surface area contributed by atoms with Crippen LogP contribution in [0.5, 0.6) is 0 Å². The lowest BCUT2D eigenvalue weighted by Gasteiger charge is -2.20. The molecule has 2 aliphatic rings. The molecule has 1 atom stereocenters. The number of amides is 1. The summed E-state index contributed by atoms with van der Waals surface area (Å²) in [6, 6.07) is 0.300. The van der Waals surface area contributed by atoms with Gasteiger partial charge in [0.25, 0.3) is 11.7 Å². The van der Waals surface area contributed by atoms with Gasteiger partial charge < -0.3 is 9.84 Å². The summed E-state index contributed by atoms with van der Waals surface area (Å²) in [6.45, 7) is 1.66. The van der Waals surface area contributed by atoms with Crippen molar-refractivity contribution in [2.45, 2.75) is 44.3 Å². The molecule has 26 heavy (non-hydrogen) atoms. The number of nitrogens with one attached hydrogen (secondary N) is 1. The first-order valence-corrected chi connectivity index (χ1v) is 8.92. The predicted molar refractivity (Wildman–Crippen MR) is 90.2 cm³/mol. The van der Waals surface area contributed by atoms with Crippen LogP contribution in [0.2, 0.25) is 0 Å². The first-order valence-electron chi connectivity index (χ1n) is 8.92. The minimum atomic E-state index is -0.249. The molecule has 4 heterocycles. The summed E-state index contributed by atoms with van der Waals surface area (Å²) in [6.07, 6.45) is 11.3. The van der Waals surface area contributed by atoms with E-state index in [1.165, 1.54) is 0 Å². The smallest absolute Gasteiger partial charge is 0.292 e. The highest BCUT2D eigenvalue weighted by molar-refractivity contribution is 5.90. The molecule has 1 aliphatic carbocycles. The molecule has 0 spiro atoms. The summed E-state index contributed by atoms with van der Waals surface area (Å²) in [5.74, 6) is 0.389. The predicted octanol–water partition coefficient (Wildman–Crippen LogP) is 1.34. The second-order valence-electron chi connectivity index (χ2n) is 6.89. The minimum Gasteiger partial charge on any atom is -0.346 e. The Kier molecular flexibility index (Phi) is 3.66. The Hall–Kier alpha value is -2.81. The van der Waals surface area contributed by atoms with E-state index in [0.717, 1.165) is 50.1 Å². The van der Waals surface area contributed by atoms with Crippen LogP contribution in [-0.2, 0) is 6.54 Å². The Morgan fingerprint density at radius 3 is 3.12 bits per heavy atom. The van der Waals surface area contributed by atoms with Crippen molar-refractivity contribution in [2.75, 3.05) is 6.54 Å². The molecule has 0 unspecified atom stereocenters. The fraction of sp³-hybridized carbons (Fsp3) is 0.471. The molecule has 5 rings (SSSR count). The largest absolute Gasteiger partial charge is 0.346 e. The SMILES string of the molecule is O=C(NC1CC1)c1noc([C@H]2CCCN2Cc2cnc3cnccn23)n1. The third-order valence-electron chi connectivity index (χ3n) is 4.97. The third-order valence-corrected chi connectivity index (χ3v) is 4.97. The van der Waals surface area contributed by atoms with Crippen LogP contribution in [0.3, 0.4) is 0 Å². The van der Waals surface area contributed by atoms with Crippen LogP contribution in [0.4, 0.5) is 0 Å². The Balaban J connectivity index is 1.34. The topological polar surface area (TPSA) is 101 Å². The summed E-state index contributed by atoms with van der Waals surface area (Å²) in [5.41, 5.74) is 1.91.